The number of para-hydroxylation sites is 1. The van der Waals surface area contributed by atoms with Gasteiger partial charge in [0.1, 0.15) is 6.79 Å². The minimum absolute atomic E-state index is 1.03. The molecule has 3 heteroatoms. The topological polar surface area (TPSA) is 34.0 Å². The van der Waals surface area contributed by atoms with Gasteiger partial charge in [-0.05, 0) is 25.1 Å². The van der Waals surface area contributed by atoms with Crippen molar-refractivity contribution in [1.29, 1.82) is 0 Å². The molecule has 2 aromatic rings. The van der Waals surface area contributed by atoms with E-state index in [1.165, 1.54) is 10.9 Å². The fourth-order valence-electron chi connectivity index (χ4n) is 2.04. The van der Waals surface area contributed by atoms with E-state index in [0.29, 0.717) is 0 Å². The highest BCUT2D eigenvalue weighted by atomic mass is 16.1. The molecule has 0 amide bonds. The first-order valence-corrected chi connectivity index (χ1v) is 7.31. The summed E-state index contributed by atoms with van der Waals surface area (Å²) < 4.78 is 2.12. The molecule has 0 bridgehead atoms. The number of hydrogen-bond acceptors (Lipinski definition) is 2. The molecule has 118 valence electrons. The summed E-state index contributed by atoms with van der Waals surface area (Å²) in [5, 5.41) is 4.65. The Hall–Kier alpha value is -2.55. The molecule has 0 unspecified atom stereocenters. The molecule has 0 fully saturated rings. The maximum absolute atomic E-state index is 8.00. The van der Waals surface area contributed by atoms with Gasteiger partial charge in [0.05, 0.1) is 5.69 Å². The van der Waals surface area contributed by atoms with Crippen molar-refractivity contribution >= 4 is 23.4 Å². The van der Waals surface area contributed by atoms with Gasteiger partial charge in [0, 0.05) is 29.8 Å². The monoisotopic (exact) mass is 298 g/mol. The van der Waals surface area contributed by atoms with Gasteiger partial charge >= 0.3 is 0 Å². The third-order valence-electron chi connectivity index (χ3n) is 2.82. The highest BCUT2D eigenvalue weighted by molar-refractivity contribution is 5.93. The number of nitrogens with one attached hydrogen (secondary N) is 1. The Morgan fingerprint density at radius 2 is 1.86 bits per heavy atom. The van der Waals surface area contributed by atoms with Gasteiger partial charge in [-0.25, -0.2) is 0 Å². The molecule has 1 N–H and O–H groups in total. The van der Waals surface area contributed by atoms with Crippen LogP contribution in [0.15, 0.2) is 67.0 Å². The average Bonchev–Trinajstić information content (AvgIpc) is 2.88. The zero-order chi connectivity index (χ0) is 17.0. The molecular weight excluding hydrogens is 272 g/mol. The van der Waals surface area contributed by atoms with Crippen LogP contribution in [-0.2, 0) is 11.8 Å². The van der Waals surface area contributed by atoms with Crippen LogP contribution >= 0.6 is 0 Å². The second-order valence-corrected chi connectivity index (χ2v) is 4.15. The third kappa shape index (κ3) is 5.09. The van der Waals surface area contributed by atoms with E-state index >= 15 is 0 Å². The molecule has 0 atom stereocenters. The first kappa shape index (κ1) is 19.4. The van der Waals surface area contributed by atoms with E-state index in [-0.39, 0.29) is 0 Å². The molecule has 1 heterocycles. The van der Waals surface area contributed by atoms with Crippen LogP contribution in [0.2, 0.25) is 0 Å². The zero-order valence-electron chi connectivity index (χ0n) is 14.0. The van der Waals surface area contributed by atoms with Crippen LogP contribution < -0.4 is 5.32 Å². The first-order valence-electron chi connectivity index (χ1n) is 7.31. The van der Waals surface area contributed by atoms with Crippen molar-refractivity contribution in [3.63, 3.8) is 0 Å². The van der Waals surface area contributed by atoms with Gasteiger partial charge in [0.25, 0.3) is 0 Å². The van der Waals surface area contributed by atoms with Crippen molar-refractivity contribution in [3.05, 3.63) is 67.0 Å². The van der Waals surface area contributed by atoms with Crippen molar-refractivity contribution in [1.82, 2.24) is 4.57 Å². The molecule has 1 aromatic carbocycles. The lowest BCUT2D eigenvalue weighted by molar-refractivity contribution is -0.0979. The third-order valence-corrected chi connectivity index (χ3v) is 2.82. The van der Waals surface area contributed by atoms with Crippen LogP contribution in [0.1, 0.15) is 20.8 Å². The predicted molar refractivity (Wildman–Crippen MR) is 98.1 cm³/mol. The van der Waals surface area contributed by atoms with Crippen molar-refractivity contribution in [2.45, 2.75) is 20.8 Å². The minimum atomic E-state index is 1.03. The van der Waals surface area contributed by atoms with Gasteiger partial charge in [-0.1, -0.05) is 50.8 Å². The number of fused-ring (bicyclic) bond motifs is 1. The van der Waals surface area contributed by atoms with E-state index < -0.39 is 0 Å². The van der Waals surface area contributed by atoms with E-state index in [0.717, 1.165) is 11.4 Å². The summed E-state index contributed by atoms with van der Waals surface area (Å²) in [6, 6.07) is 8.35. The number of aryl methyl sites for hydroxylation is 1. The van der Waals surface area contributed by atoms with Crippen molar-refractivity contribution in [2.24, 2.45) is 7.05 Å². The van der Waals surface area contributed by atoms with Crippen LogP contribution in [0.5, 0.6) is 0 Å². The molecular formula is C19H26N2O. The van der Waals surface area contributed by atoms with Gasteiger partial charge in [-0.15, -0.1) is 0 Å². The number of allylic oxidation sites excluding steroid dienone is 4. The van der Waals surface area contributed by atoms with Crippen LogP contribution in [0.25, 0.3) is 10.9 Å². The van der Waals surface area contributed by atoms with E-state index in [9.17, 15) is 0 Å². The minimum Gasteiger partial charge on any atom is -0.354 e. The molecule has 0 aliphatic rings. The van der Waals surface area contributed by atoms with E-state index in [1.807, 2.05) is 45.8 Å². The summed E-state index contributed by atoms with van der Waals surface area (Å²) in [6.07, 6.45) is 9.89. The van der Waals surface area contributed by atoms with Gasteiger partial charge < -0.3 is 14.7 Å². The summed E-state index contributed by atoms with van der Waals surface area (Å²) in [6.45, 7) is 11.7. The van der Waals surface area contributed by atoms with Crippen molar-refractivity contribution in [3.8, 4) is 0 Å². The number of carbonyl (C=O) groups excluding carboxylic acids is 1. The molecule has 0 aliphatic carbocycles. The molecule has 22 heavy (non-hydrogen) atoms. The van der Waals surface area contributed by atoms with E-state index in [1.54, 1.807) is 6.08 Å². The number of anilines is 1. The Labute approximate surface area is 133 Å². The smallest absolute Gasteiger partial charge is 0.106 e. The highest BCUT2D eigenvalue weighted by Gasteiger charge is 2.05. The Balaban J connectivity index is 0.00000102. The standard InChI is InChI=1S/C16H18N2.C2H6.CH2O/c1-4-8-13(9-5-2)17-15-12-18(3)16-11-7-6-10-14(15)16;2*1-2/h4-12,17H,1H2,2-3H3;1-2H3;1H2/b9-5-,13-8+;;. The van der Waals surface area contributed by atoms with Crippen LogP contribution in [0.4, 0.5) is 5.69 Å². The Morgan fingerprint density at radius 3 is 2.45 bits per heavy atom. The van der Waals surface area contributed by atoms with Crippen LogP contribution in [0, 0.1) is 0 Å². The second kappa shape index (κ2) is 11.1. The molecule has 0 saturated heterocycles. The van der Waals surface area contributed by atoms with Crippen LogP contribution in [-0.4, -0.2) is 11.4 Å². The summed E-state index contributed by atoms with van der Waals surface area (Å²) >= 11 is 0. The summed E-state index contributed by atoms with van der Waals surface area (Å²) in [7, 11) is 2.06. The first-order chi connectivity index (χ1) is 10.8. The number of rotatable bonds is 4. The number of hydrogen-bond donors (Lipinski definition) is 1. The number of aromatic nitrogens is 1. The maximum Gasteiger partial charge on any atom is 0.106 e. The Bertz CT molecular complexity index is 636. The molecule has 0 saturated carbocycles. The van der Waals surface area contributed by atoms with Gasteiger partial charge in [-0.3, -0.25) is 0 Å². The van der Waals surface area contributed by atoms with Crippen LogP contribution in [0.3, 0.4) is 0 Å². The lowest BCUT2D eigenvalue weighted by atomic mass is 10.2. The lowest BCUT2D eigenvalue weighted by Crippen LogP contribution is -1.95. The molecule has 0 spiro atoms. The Kier molecular flexibility index (Phi) is 9.85. The molecule has 0 radical (unpaired) electrons. The SMILES string of the molecule is C=C/C=C(\C=C/C)Nc1cn(C)c2ccccc12.C=O.CC. The zero-order valence-corrected chi connectivity index (χ0v) is 14.0. The molecule has 3 nitrogen and oxygen atoms in total. The quantitative estimate of drug-likeness (QED) is 0.799. The lowest BCUT2D eigenvalue weighted by Gasteiger charge is -2.05. The summed E-state index contributed by atoms with van der Waals surface area (Å²) in [5.41, 5.74) is 3.36. The van der Waals surface area contributed by atoms with Crippen molar-refractivity contribution in [2.75, 3.05) is 5.32 Å². The highest BCUT2D eigenvalue weighted by Crippen LogP contribution is 2.26. The van der Waals surface area contributed by atoms with Gasteiger partial charge in [0.15, 0.2) is 0 Å². The number of carbonyl (C=O) groups is 1. The fourth-order valence-corrected chi connectivity index (χ4v) is 2.04. The summed E-state index contributed by atoms with van der Waals surface area (Å²) in [4.78, 5) is 8.00. The van der Waals surface area contributed by atoms with Gasteiger partial charge in [0.2, 0.25) is 0 Å². The van der Waals surface area contributed by atoms with Gasteiger partial charge in [-0.2, -0.15) is 0 Å². The fraction of sp³-hybridized carbons (Fsp3) is 0.211. The predicted octanol–water partition coefficient (Wildman–Crippen LogP) is 5.08. The van der Waals surface area contributed by atoms with Crippen molar-refractivity contribution < 1.29 is 4.79 Å². The molecule has 2 rings (SSSR count). The number of benzene rings is 1. The van der Waals surface area contributed by atoms with E-state index in [4.69, 9.17) is 4.79 Å². The maximum atomic E-state index is 8.00. The number of nitrogens with zero attached hydrogens (tertiary/aromatic N) is 1. The summed E-state index contributed by atoms with van der Waals surface area (Å²) in [5.74, 6) is 0. The largest absolute Gasteiger partial charge is 0.354 e. The molecule has 1 aromatic heterocycles. The average molecular weight is 298 g/mol. The normalized spacial score (nSPS) is 10.5. The molecule has 0 aliphatic heterocycles. The Morgan fingerprint density at radius 1 is 1.23 bits per heavy atom. The van der Waals surface area contributed by atoms with E-state index in [2.05, 4.69) is 54.0 Å². The second-order valence-electron chi connectivity index (χ2n) is 4.15.